The van der Waals surface area contributed by atoms with Crippen LogP contribution in [0.15, 0.2) is 46.9 Å². The number of carbonyl (C=O) groups excluding carboxylic acids is 1. The van der Waals surface area contributed by atoms with Gasteiger partial charge in [0.2, 0.25) is 5.91 Å². The lowest BCUT2D eigenvalue weighted by atomic mass is 9.99. The highest BCUT2D eigenvalue weighted by molar-refractivity contribution is 7.99. The van der Waals surface area contributed by atoms with Gasteiger partial charge in [-0.15, -0.1) is 32.9 Å². The maximum Gasteiger partial charge on any atom is 0.233 e. The molecule has 0 saturated carbocycles. The van der Waals surface area contributed by atoms with Gasteiger partial charge < -0.3 is 9.47 Å². The summed E-state index contributed by atoms with van der Waals surface area (Å²) in [5, 5.41) is 12.6. The Kier molecular flexibility index (Phi) is 6.06. The number of piperidine rings is 1. The monoisotopic (exact) mass is 469 g/mol. The van der Waals surface area contributed by atoms with Crippen LogP contribution in [0.5, 0.6) is 0 Å². The average Bonchev–Trinajstić information content (AvgIpc) is 3.54. The van der Waals surface area contributed by atoms with Crippen LogP contribution in [0.3, 0.4) is 0 Å². The zero-order valence-corrected chi connectivity index (χ0v) is 19.7. The number of benzene rings is 1. The molecule has 1 atom stereocenters. The molecule has 0 unspecified atom stereocenters. The van der Waals surface area contributed by atoms with Gasteiger partial charge in [-0.25, -0.2) is 4.98 Å². The Hall–Kier alpha value is -2.23. The van der Waals surface area contributed by atoms with Crippen molar-refractivity contribution in [2.75, 3.05) is 18.8 Å². The van der Waals surface area contributed by atoms with Gasteiger partial charge in [-0.3, -0.25) is 4.79 Å². The number of thiazole rings is 1. The summed E-state index contributed by atoms with van der Waals surface area (Å²) < 4.78 is 3.22. The lowest BCUT2D eigenvalue weighted by Gasteiger charge is -2.31. The van der Waals surface area contributed by atoms with Crippen LogP contribution < -0.4 is 0 Å². The van der Waals surface area contributed by atoms with Crippen molar-refractivity contribution in [3.05, 3.63) is 57.5 Å². The first-order valence-electron chi connectivity index (χ1n) is 10.3. The van der Waals surface area contributed by atoms with Gasteiger partial charge in [0.05, 0.1) is 21.0 Å². The van der Waals surface area contributed by atoms with E-state index in [1.54, 1.807) is 22.7 Å². The van der Waals surface area contributed by atoms with Crippen LogP contribution >= 0.6 is 34.4 Å². The first kappa shape index (κ1) is 20.7. The first-order chi connectivity index (χ1) is 15.2. The largest absolute Gasteiger partial charge is 0.341 e. The van der Waals surface area contributed by atoms with E-state index in [-0.39, 0.29) is 5.91 Å². The smallest absolute Gasteiger partial charge is 0.233 e. The molecular formula is C22H23N5OS3. The van der Waals surface area contributed by atoms with E-state index in [9.17, 15) is 4.79 Å². The van der Waals surface area contributed by atoms with E-state index in [4.69, 9.17) is 4.98 Å². The SMILES string of the molecule is Cn1c(Cc2cccs2)nnc1SCC(=O)N1CCC[C@@H](c2nc3ccccc3s2)C1. The molecule has 1 amide bonds. The zero-order chi connectivity index (χ0) is 21.2. The van der Waals surface area contributed by atoms with E-state index in [1.807, 2.05) is 28.6 Å². The Bertz CT molecular complexity index is 1150. The minimum atomic E-state index is 0.165. The summed E-state index contributed by atoms with van der Waals surface area (Å²) in [5.41, 5.74) is 1.06. The summed E-state index contributed by atoms with van der Waals surface area (Å²) in [6.45, 7) is 1.57. The number of rotatable bonds is 6. The highest BCUT2D eigenvalue weighted by Crippen LogP contribution is 2.33. The highest BCUT2D eigenvalue weighted by Gasteiger charge is 2.27. The maximum absolute atomic E-state index is 12.9. The van der Waals surface area contributed by atoms with Gasteiger partial charge >= 0.3 is 0 Å². The van der Waals surface area contributed by atoms with Crippen LogP contribution in [0.4, 0.5) is 0 Å². The molecule has 1 aromatic carbocycles. The summed E-state index contributed by atoms with van der Waals surface area (Å²) in [7, 11) is 1.97. The molecule has 31 heavy (non-hydrogen) atoms. The van der Waals surface area contributed by atoms with Gasteiger partial charge in [0.25, 0.3) is 0 Å². The van der Waals surface area contributed by atoms with Crippen molar-refractivity contribution < 1.29 is 4.79 Å². The molecule has 160 valence electrons. The van der Waals surface area contributed by atoms with E-state index in [1.165, 1.54) is 21.3 Å². The lowest BCUT2D eigenvalue weighted by Crippen LogP contribution is -2.40. The quantitative estimate of drug-likeness (QED) is 0.387. The molecule has 1 aliphatic rings. The van der Waals surface area contributed by atoms with Crippen LogP contribution in [0.1, 0.15) is 34.5 Å². The van der Waals surface area contributed by atoms with Crippen LogP contribution in [0.25, 0.3) is 10.2 Å². The number of para-hydroxylation sites is 1. The average molecular weight is 470 g/mol. The third-order valence-corrected chi connectivity index (χ3v) is 8.68. The number of nitrogens with zero attached hydrogens (tertiary/aromatic N) is 5. The summed E-state index contributed by atoms with van der Waals surface area (Å²) in [6, 6.07) is 12.4. The number of hydrogen-bond donors (Lipinski definition) is 0. The van der Waals surface area contributed by atoms with Crippen molar-refractivity contribution in [3.8, 4) is 0 Å². The van der Waals surface area contributed by atoms with Gasteiger partial charge in [-0.2, -0.15) is 0 Å². The van der Waals surface area contributed by atoms with E-state index >= 15 is 0 Å². The molecule has 6 nitrogen and oxygen atoms in total. The minimum Gasteiger partial charge on any atom is -0.341 e. The second-order valence-corrected chi connectivity index (χ2v) is 10.7. The maximum atomic E-state index is 12.9. The van der Waals surface area contributed by atoms with E-state index in [2.05, 4.69) is 39.8 Å². The van der Waals surface area contributed by atoms with Crippen molar-refractivity contribution in [1.29, 1.82) is 0 Å². The molecule has 5 rings (SSSR count). The minimum absolute atomic E-state index is 0.165. The third-order valence-electron chi connectivity index (χ3n) is 5.60. The number of fused-ring (bicyclic) bond motifs is 1. The topological polar surface area (TPSA) is 63.9 Å². The molecular weight excluding hydrogens is 446 g/mol. The van der Waals surface area contributed by atoms with Crippen molar-refractivity contribution in [2.24, 2.45) is 7.05 Å². The number of thiophene rings is 1. The number of aromatic nitrogens is 4. The Morgan fingerprint density at radius 1 is 1.23 bits per heavy atom. The Balaban J connectivity index is 1.20. The molecule has 9 heteroatoms. The number of amides is 1. The number of carbonyl (C=O) groups is 1. The predicted molar refractivity (Wildman–Crippen MR) is 127 cm³/mol. The second-order valence-electron chi connectivity index (χ2n) is 7.70. The standard InChI is InChI=1S/C22H23N5OS3/c1-26-19(12-16-7-5-11-29-16)24-25-22(26)30-14-20(28)27-10-4-6-15(13-27)21-23-17-8-2-3-9-18(17)31-21/h2-3,5,7-9,11,15H,4,6,10,12-14H2,1H3/t15-/m1/s1. The highest BCUT2D eigenvalue weighted by atomic mass is 32.2. The Labute approximate surface area is 193 Å². The lowest BCUT2D eigenvalue weighted by molar-refractivity contribution is -0.129. The Morgan fingerprint density at radius 2 is 2.13 bits per heavy atom. The molecule has 1 fully saturated rings. The summed E-state index contributed by atoms with van der Waals surface area (Å²) in [5.74, 6) is 1.80. The fraction of sp³-hybridized carbons (Fsp3) is 0.364. The van der Waals surface area contributed by atoms with Crippen LogP contribution in [-0.4, -0.2) is 49.4 Å². The van der Waals surface area contributed by atoms with Crippen molar-refractivity contribution in [3.63, 3.8) is 0 Å². The van der Waals surface area contributed by atoms with Crippen LogP contribution in [0.2, 0.25) is 0 Å². The van der Waals surface area contributed by atoms with Gasteiger partial charge in [-0.05, 0) is 36.4 Å². The van der Waals surface area contributed by atoms with Crippen molar-refractivity contribution in [1.82, 2.24) is 24.6 Å². The molecule has 1 saturated heterocycles. The fourth-order valence-electron chi connectivity index (χ4n) is 3.88. The summed E-state index contributed by atoms with van der Waals surface area (Å²) in [4.78, 5) is 21.0. The number of likely N-dealkylation sites (tertiary alicyclic amines) is 1. The summed E-state index contributed by atoms with van der Waals surface area (Å²) >= 11 is 4.95. The van der Waals surface area contributed by atoms with Crippen molar-refractivity contribution in [2.45, 2.75) is 30.3 Å². The number of thioether (sulfide) groups is 1. The van der Waals surface area contributed by atoms with Crippen LogP contribution in [0, 0.1) is 0 Å². The van der Waals surface area contributed by atoms with Crippen molar-refractivity contribution >= 4 is 50.6 Å². The van der Waals surface area contributed by atoms with Gasteiger partial charge in [0.15, 0.2) is 5.16 Å². The predicted octanol–water partition coefficient (Wildman–Crippen LogP) is 4.58. The second kappa shape index (κ2) is 9.10. The van der Waals surface area contributed by atoms with Crippen LogP contribution in [-0.2, 0) is 18.3 Å². The molecule has 3 aromatic heterocycles. The third kappa shape index (κ3) is 4.53. The first-order valence-corrected chi connectivity index (χ1v) is 13.0. The van der Waals surface area contributed by atoms with Gasteiger partial charge in [-0.1, -0.05) is 30.0 Å². The molecule has 0 radical (unpaired) electrons. The van der Waals surface area contributed by atoms with E-state index in [0.717, 1.165) is 53.9 Å². The van der Waals surface area contributed by atoms with Gasteiger partial charge in [0.1, 0.15) is 5.82 Å². The fourth-order valence-corrected chi connectivity index (χ4v) is 6.51. The molecule has 4 aromatic rings. The summed E-state index contributed by atoms with van der Waals surface area (Å²) in [6.07, 6.45) is 2.88. The molecule has 0 bridgehead atoms. The van der Waals surface area contributed by atoms with E-state index in [0.29, 0.717) is 11.7 Å². The molecule has 0 aliphatic carbocycles. The number of hydrogen-bond acceptors (Lipinski definition) is 7. The molecule has 0 spiro atoms. The zero-order valence-electron chi connectivity index (χ0n) is 17.2. The normalized spacial score (nSPS) is 16.8. The molecule has 1 aliphatic heterocycles. The molecule has 4 heterocycles. The van der Waals surface area contributed by atoms with E-state index < -0.39 is 0 Å². The Morgan fingerprint density at radius 3 is 2.97 bits per heavy atom. The van der Waals surface area contributed by atoms with Gasteiger partial charge in [0, 0.05) is 37.4 Å². The molecule has 0 N–H and O–H groups in total.